The Morgan fingerprint density at radius 1 is 1.54 bits per heavy atom. The van der Waals surface area contributed by atoms with E-state index in [9.17, 15) is 9.59 Å². The molecule has 4 nitrogen and oxygen atoms in total. The maximum Gasteiger partial charge on any atom is 0.319 e. The predicted octanol–water partition coefficient (Wildman–Crippen LogP) is 0.575. The lowest BCUT2D eigenvalue weighted by Crippen LogP contribution is -2.37. The molecule has 1 saturated carbocycles. The molecule has 1 fully saturated rings. The van der Waals surface area contributed by atoms with Crippen molar-refractivity contribution in [2.24, 2.45) is 11.3 Å². The van der Waals surface area contributed by atoms with Gasteiger partial charge in [-0.1, -0.05) is 13.3 Å². The Balaban J connectivity index is 2.84. The lowest BCUT2D eigenvalue weighted by atomic mass is 10.0. The van der Waals surface area contributed by atoms with Gasteiger partial charge in [0.25, 0.3) is 0 Å². The highest BCUT2D eigenvalue weighted by Crippen LogP contribution is 2.55. The van der Waals surface area contributed by atoms with Crippen molar-refractivity contribution in [2.75, 3.05) is 14.1 Å². The van der Waals surface area contributed by atoms with Crippen LogP contribution in [-0.4, -0.2) is 36.0 Å². The molecule has 4 heteroatoms. The van der Waals surface area contributed by atoms with Crippen LogP contribution in [0, 0.1) is 11.3 Å². The summed E-state index contributed by atoms with van der Waals surface area (Å²) in [6.07, 6.45) is 1.25. The summed E-state index contributed by atoms with van der Waals surface area (Å²) in [4.78, 5) is 23.9. The van der Waals surface area contributed by atoms with Crippen molar-refractivity contribution in [3.63, 3.8) is 0 Å². The molecule has 1 N–H and O–H groups in total. The number of aliphatic carboxylic acids is 1. The van der Waals surface area contributed by atoms with Gasteiger partial charge < -0.3 is 10.0 Å². The summed E-state index contributed by atoms with van der Waals surface area (Å²) in [6.45, 7) is 1.91. The fourth-order valence-electron chi connectivity index (χ4n) is 1.84. The van der Waals surface area contributed by atoms with Crippen LogP contribution < -0.4 is 0 Å². The zero-order valence-electron chi connectivity index (χ0n) is 8.20. The van der Waals surface area contributed by atoms with Gasteiger partial charge in [0.1, 0.15) is 5.41 Å². The van der Waals surface area contributed by atoms with Crippen LogP contribution >= 0.6 is 0 Å². The van der Waals surface area contributed by atoms with Crippen LogP contribution in [0.3, 0.4) is 0 Å². The number of carbonyl (C=O) groups is 2. The summed E-state index contributed by atoms with van der Waals surface area (Å²) in [5, 5.41) is 8.98. The number of hydrogen-bond donors (Lipinski definition) is 1. The largest absolute Gasteiger partial charge is 0.480 e. The highest BCUT2D eigenvalue weighted by molar-refractivity contribution is 6.05. The van der Waals surface area contributed by atoms with E-state index in [2.05, 4.69) is 0 Å². The third-order valence-electron chi connectivity index (χ3n) is 2.77. The molecular weight excluding hydrogens is 170 g/mol. The molecule has 0 saturated heterocycles. The maximum atomic E-state index is 11.6. The smallest absolute Gasteiger partial charge is 0.319 e. The Labute approximate surface area is 77.5 Å². The monoisotopic (exact) mass is 185 g/mol. The summed E-state index contributed by atoms with van der Waals surface area (Å²) in [5.74, 6) is -1.22. The van der Waals surface area contributed by atoms with Gasteiger partial charge in [-0.3, -0.25) is 9.59 Å². The molecule has 0 bridgehead atoms. The van der Waals surface area contributed by atoms with E-state index in [4.69, 9.17) is 5.11 Å². The molecule has 0 aromatic heterocycles. The minimum absolute atomic E-state index is 0.0277. The van der Waals surface area contributed by atoms with E-state index in [-0.39, 0.29) is 11.8 Å². The third kappa shape index (κ3) is 1.30. The van der Waals surface area contributed by atoms with E-state index in [1.165, 1.54) is 4.90 Å². The molecular formula is C9H15NO3. The molecule has 0 radical (unpaired) electrons. The molecule has 0 spiro atoms. The molecule has 13 heavy (non-hydrogen) atoms. The fraction of sp³-hybridized carbons (Fsp3) is 0.778. The van der Waals surface area contributed by atoms with Crippen LogP contribution in [0.4, 0.5) is 0 Å². The number of carboxylic acids is 1. The maximum absolute atomic E-state index is 11.6. The Kier molecular flexibility index (Phi) is 2.32. The second-order valence-corrected chi connectivity index (χ2v) is 3.79. The van der Waals surface area contributed by atoms with Crippen LogP contribution in [0.2, 0.25) is 0 Å². The molecule has 0 aromatic rings. The molecule has 0 heterocycles. The average Bonchev–Trinajstić information content (AvgIpc) is 2.78. The quantitative estimate of drug-likeness (QED) is 0.654. The first-order chi connectivity index (χ1) is 5.96. The number of rotatable bonds is 3. The highest BCUT2D eigenvalue weighted by atomic mass is 16.4. The summed E-state index contributed by atoms with van der Waals surface area (Å²) in [6, 6.07) is 0. The first-order valence-corrected chi connectivity index (χ1v) is 4.42. The van der Waals surface area contributed by atoms with Crippen LogP contribution in [0.25, 0.3) is 0 Å². The van der Waals surface area contributed by atoms with Crippen molar-refractivity contribution >= 4 is 11.9 Å². The summed E-state index contributed by atoms with van der Waals surface area (Å²) < 4.78 is 0. The Morgan fingerprint density at radius 2 is 2.08 bits per heavy atom. The van der Waals surface area contributed by atoms with Crippen molar-refractivity contribution in [3.05, 3.63) is 0 Å². The van der Waals surface area contributed by atoms with Crippen molar-refractivity contribution in [2.45, 2.75) is 19.8 Å². The highest BCUT2D eigenvalue weighted by Gasteiger charge is 2.65. The van der Waals surface area contributed by atoms with Crippen molar-refractivity contribution in [1.29, 1.82) is 0 Å². The van der Waals surface area contributed by atoms with E-state index in [0.717, 1.165) is 6.42 Å². The van der Waals surface area contributed by atoms with Crippen molar-refractivity contribution in [3.8, 4) is 0 Å². The van der Waals surface area contributed by atoms with Gasteiger partial charge in [-0.15, -0.1) is 0 Å². The van der Waals surface area contributed by atoms with E-state index in [1.54, 1.807) is 14.1 Å². The lowest BCUT2D eigenvalue weighted by molar-refractivity contribution is -0.153. The standard InChI is InChI=1S/C9H15NO3/c1-4-6-5-9(6,8(12)13)7(11)10(2)3/h6H,4-5H2,1-3H3,(H,12,13)/t6-,9+/m1/s1. The van der Waals surface area contributed by atoms with Gasteiger partial charge in [-0.05, 0) is 12.3 Å². The van der Waals surface area contributed by atoms with Gasteiger partial charge in [0.15, 0.2) is 0 Å². The van der Waals surface area contributed by atoms with Gasteiger partial charge in [0.05, 0.1) is 0 Å². The second-order valence-electron chi connectivity index (χ2n) is 3.79. The number of hydrogen-bond acceptors (Lipinski definition) is 2. The van der Waals surface area contributed by atoms with Crippen LogP contribution in [0.5, 0.6) is 0 Å². The van der Waals surface area contributed by atoms with E-state index in [0.29, 0.717) is 6.42 Å². The van der Waals surface area contributed by atoms with Gasteiger partial charge in [0, 0.05) is 14.1 Å². The van der Waals surface area contributed by atoms with Gasteiger partial charge in [-0.25, -0.2) is 0 Å². The first-order valence-electron chi connectivity index (χ1n) is 4.42. The fourth-order valence-corrected chi connectivity index (χ4v) is 1.84. The topological polar surface area (TPSA) is 57.6 Å². The predicted molar refractivity (Wildman–Crippen MR) is 47.2 cm³/mol. The van der Waals surface area contributed by atoms with Crippen molar-refractivity contribution < 1.29 is 14.7 Å². The lowest BCUT2D eigenvalue weighted by Gasteiger charge is -2.17. The molecule has 2 atom stereocenters. The number of carboxylic acid groups (broad SMARTS) is 1. The zero-order valence-corrected chi connectivity index (χ0v) is 8.20. The van der Waals surface area contributed by atoms with E-state index < -0.39 is 11.4 Å². The molecule has 1 rings (SSSR count). The summed E-state index contributed by atoms with van der Waals surface area (Å²) >= 11 is 0. The zero-order chi connectivity index (χ0) is 10.2. The SMILES string of the molecule is CC[C@@H]1C[C@@]1(C(=O)O)C(=O)N(C)C. The Hall–Kier alpha value is -1.06. The molecule has 1 aliphatic rings. The minimum atomic E-state index is -1.10. The van der Waals surface area contributed by atoms with E-state index >= 15 is 0 Å². The number of amides is 1. The normalized spacial score (nSPS) is 31.2. The number of carbonyl (C=O) groups excluding carboxylic acids is 1. The van der Waals surface area contributed by atoms with Crippen molar-refractivity contribution in [1.82, 2.24) is 4.90 Å². The van der Waals surface area contributed by atoms with Gasteiger partial charge in [-0.2, -0.15) is 0 Å². The average molecular weight is 185 g/mol. The Bertz CT molecular complexity index is 249. The summed E-state index contributed by atoms with van der Waals surface area (Å²) in [7, 11) is 3.19. The van der Waals surface area contributed by atoms with Gasteiger partial charge >= 0.3 is 5.97 Å². The molecule has 74 valence electrons. The van der Waals surface area contributed by atoms with E-state index in [1.807, 2.05) is 6.92 Å². The van der Waals surface area contributed by atoms with Crippen LogP contribution in [-0.2, 0) is 9.59 Å². The van der Waals surface area contributed by atoms with Gasteiger partial charge in [0.2, 0.25) is 5.91 Å². The Morgan fingerprint density at radius 3 is 2.31 bits per heavy atom. The molecule has 1 amide bonds. The minimum Gasteiger partial charge on any atom is -0.480 e. The second kappa shape index (κ2) is 3.01. The molecule has 1 aliphatic carbocycles. The third-order valence-corrected chi connectivity index (χ3v) is 2.77. The first kappa shape index (κ1) is 10.0. The molecule has 0 aromatic carbocycles. The molecule has 0 unspecified atom stereocenters. The summed E-state index contributed by atoms with van der Waals surface area (Å²) in [5.41, 5.74) is -1.10. The van der Waals surface area contributed by atoms with Crippen LogP contribution in [0.1, 0.15) is 19.8 Å². The van der Waals surface area contributed by atoms with Crippen LogP contribution in [0.15, 0.2) is 0 Å². The number of nitrogens with zero attached hydrogens (tertiary/aromatic N) is 1. The molecule has 0 aliphatic heterocycles.